The molecule has 4 aliphatic rings. The van der Waals surface area contributed by atoms with Crippen LogP contribution in [0, 0.1) is 60.8 Å². The van der Waals surface area contributed by atoms with E-state index in [1.165, 1.54) is 57.1 Å². The number of halogens is 4. The highest BCUT2D eigenvalue weighted by Gasteiger charge is 2.53. The van der Waals surface area contributed by atoms with Crippen LogP contribution in [0.15, 0.2) is 131 Å². The van der Waals surface area contributed by atoms with E-state index in [9.17, 15) is 54.2 Å². The molecule has 2 heterocycles. The summed E-state index contributed by atoms with van der Waals surface area (Å²) < 4.78 is 126. The third-order valence-corrected chi connectivity index (χ3v) is 16.2. The molecule has 6 aromatic rings. The molecular formula is C50H42F4N2O10S2. The molecule has 0 spiro atoms. The smallest absolute Gasteiger partial charge is 0.306 e. The van der Waals surface area contributed by atoms with Crippen LogP contribution in [-0.4, -0.2) is 64.3 Å². The molecular weight excluding hydrogens is 929 g/mol. The normalized spacial score (nSPS) is 21.5. The molecule has 0 radical (unpaired) electrons. The molecule has 6 aromatic carbocycles. The number of aliphatic carboxylic acids is 2. The minimum atomic E-state index is -4.05. The number of carboxylic acid groups (broad SMARTS) is 2. The van der Waals surface area contributed by atoms with Crippen molar-refractivity contribution in [2.75, 3.05) is 21.7 Å². The van der Waals surface area contributed by atoms with Crippen molar-refractivity contribution in [3.8, 4) is 33.8 Å². The van der Waals surface area contributed by atoms with E-state index in [2.05, 4.69) is 0 Å². The fourth-order valence-electron chi connectivity index (χ4n) is 8.85. The number of aryl methyl sites for hydroxylation is 2. The van der Waals surface area contributed by atoms with Crippen molar-refractivity contribution >= 4 is 43.4 Å². The number of hydrogen-bond donors (Lipinski definition) is 2. The Kier molecular flexibility index (Phi) is 12.0. The number of carbonyl (C=O) groups is 2. The van der Waals surface area contributed by atoms with Crippen LogP contribution in [0.3, 0.4) is 0 Å². The van der Waals surface area contributed by atoms with Crippen molar-refractivity contribution in [2.24, 2.45) is 23.7 Å². The first kappa shape index (κ1) is 46.2. The van der Waals surface area contributed by atoms with Gasteiger partial charge in [0, 0.05) is 23.0 Å². The van der Waals surface area contributed by atoms with Gasteiger partial charge in [-0.2, -0.15) is 0 Å². The lowest BCUT2D eigenvalue weighted by molar-refractivity contribution is -0.140. The number of fused-ring (bicyclic) bond motifs is 2. The molecule has 2 aliphatic carbocycles. The summed E-state index contributed by atoms with van der Waals surface area (Å²) in [6.07, 6.45) is -0.490. The Balaban J connectivity index is 0.000000170. The second-order valence-electron chi connectivity index (χ2n) is 17.3. The van der Waals surface area contributed by atoms with Gasteiger partial charge in [-0.05, 0) is 134 Å². The highest BCUT2D eigenvalue weighted by Crippen LogP contribution is 2.50. The van der Waals surface area contributed by atoms with Crippen molar-refractivity contribution in [2.45, 2.75) is 48.7 Å². The lowest BCUT2D eigenvalue weighted by Gasteiger charge is -2.36. The first-order chi connectivity index (χ1) is 32.3. The SMILES string of the molecule is Cc1cccc(S(=O)(=O)N2C[C@H]([C@@H]3C[C@H]3C(=O)O)Oc3ccc(-c4cc(F)ccc4F)cc32)c1.Cc1cccc(S(=O)(=O)N2C[C@H]([C@H]3C[C@@H]3C(=O)O)Oc3ccc(-c4cc(F)ccc4F)cc32)c1. The summed E-state index contributed by atoms with van der Waals surface area (Å²) in [6.45, 7) is 3.38. The van der Waals surface area contributed by atoms with Crippen LogP contribution in [0.1, 0.15) is 24.0 Å². The number of anilines is 2. The molecule has 2 aliphatic heterocycles. The summed E-state index contributed by atoms with van der Waals surface area (Å²) in [5.74, 6) is -5.75. The van der Waals surface area contributed by atoms with Crippen LogP contribution in [0.2, 0.25) is 0 Å². The number of rotatable bonds is 10. The van der Waals surface area contributed by atoms with Gasteiger partial charge in [0.1, 0.15) is 47.0 Å². The average molecular weight is 971 g/mol. The van der Waals surface area contributed by atoms with Crippen LogP contribution in [0.4, 0.5) is 28.9 Å². The van der Waals surface area contributed by atoms with Crippen molar-refractivity contribution in [1.82, 2.24) is 0 Å². The Hall–Kier alpha value is -6.92. The van der Waals surface area contributed by atoms with Crippen molar-refractivity contribution < 1.29 is 63.7 Å². The van der Waals surface area contributed by atoms with E-state index in [1.807, 2.05) is 0 Å². The van der Waals surface area contributed by atoms with E-state index in [-0.39, 0.29) is 79.8 Å². The molecule has 0 bridgehead atoms. The fraction of sp³-hybridized carbons (Fsp3) is 0.240. The van der Waals surface area contributed by atoms with E-state index < -0.39 is 79.3 Å². The molecule has 0 unspecified atom stereocenters. The Morgan fingerprint density at radius 1 is 0.544 bits per heavy atom. The molecule has 10 rings (SSSR count). The van der Waals surface area contributed by atoms with Crippen molar-refractivity contribution in [3.05, 3.63) is 156 Å². The van der Waals surface area contributed by atoms with Crippen molar-refractivity contribution in [3.63, 3.8) is 0 Å². The van der Waals surface area contributed by atoms with Crippen LogP contribution in [0.25, 0.3) is 22.3 Å². The van der Waals surface area contributed by atoms with Crippen LogP contribution >= 0.6 is 0 Å². The maximum Gasteiger partial charge on any atom is 0.306 e. The lowest BCUT2D eigenvalue weighted by Crippen LogP contribution is -2.45. The Morgan fingerprint density at radius 3 is 1.29 bits per heavy atom. The summed E-state index contributed by atoms with van der Waals surface area (Å²) in [5, 5.41) is 18.7. The van der Waals surface area contributed by atoms with E-state index >= 15 is 0 Å². The van der Waals surface area contributed by atoms with Crippen LogP contribution in [0.5, 0.6) is 11.5 Å². The van der Waals surface area contributed by atoms with Crippen LogP contribution < -0.4 is 18.1 Å². The van der Waals surface area contributed by atoms with Crippen molar-refractivity contribution in [1.29, 1.82) is 0 Å². The zero-order valence-corrected chi connectivity index (χ0v) is 37.9. The van der Waals surface area contributed by atoms with E-state index in [1.54, 1.807) is 50.2 Å². The number of nitrogens with zero attached hydrogens (tertiary/aromatic N) is 2. The quantitative estimate of drug-likeness (QED) is 0.126. The number of ether oxygens (including phenoxy) is 2. The predicted molar refractivity (Wildman–Crippen MR) is 242 cm³/mol. The highest BCUT2D eigenvalue weighted by atomic mass is 32.2. The second kappa shape index (κ2) is 17.6. The minimum absolute atomic E-state index is 0.00837. The number of hydrogen-bond acceptors (Lipinski definition) is 8. The van der Waals surface area contributed by atoms with Gasteiger partial charge in [-0.3, -0.25) is 18.2 Å². The maximum atomic E-state index is 14.4. The molecule has 68 heavy (non-hydrogen) atoms. The summed E-state index contributed by atoms with van der Waals surface area (Å²) in [4.78, 5) is 23.0. The molecule has 0 aromatic heterocycles. The number of benzene rings is 6. The standard InChI is InChI=1S/2C25H21F2NO5S/c2*1-14-3-2-4-17(9-14)34(31,32)28-13-24(19-12-20(19)25(29)30)33-23-8-5-15(10-22(23)28)18-11-16(26)6-7-21(18)27/h2*2-11,19-20,24H,12-13H2,1H3,(H,29,30)/t19-,20-,24+;19-,20-,24-/m01/s1. The van der Waals surface area contributed by atoms with Crippen LogP contribution in [-0.2, 0) is 29.6 Å². The monoisotopic (exact) mass is 970 g/mol. The van der Waals surface area contributed by atoms with Gasteiger partial charge in [0.05, 0.1) is 46.1 Å². The molecule has 2 saturated carbocycles. The van der Waals surface area contributed by atoms with Gasteiger partial charge in [0.25, 0.3) is 20.0 Å². The predicted octanol–water partition coefficient (Wildman–Crippen LogP) is 9.23. The Bertz CT molecular complexity index is 3030. The molecule has 12 nitrogen and oxygen atoms in total. The molecule has 0 amide bonds. The highest BCUT2D eigenvalue weighted by molar-refractivity contribution is 7.93. The van der Waals surface area contributed by atoms with Gasteiger partial charge >= 0.3 is 11.9 Å². The molecule has 18 heteroatoms. The summed E-state index contributed by atoms with van der Waals surface area (Å²) in [6, 6.07) is 28.0. The zero-order chi connectivity index (χ0) is 48.4. The van der Waals surface area contributed by atoms with E-state index in [0.717, 1.165) is 47.5 Å². The first-order valence-corrected chi connectivity index (χ1v) is 24.3. The molecule has 6 atom stereocenters. The number of carboxylic acids is 2. The third kappa shape index (κ3) is 8.97. The fourth-order valence-corrected chi connectivity index (χ4v) is 12.0. The van der Waals surface area contributed by atoms with Gasteiger partial charge in [-0.15, -0.1) is 0 Å². The molecule has 352 valence electrons. The van der Waals surface area contributed by atoms with E-state index in [4.69, 9.17) is 9.47 Å². The van der Waals surface area contributed by atoms with E-state index in [0.29, 0.717) is 12.8 Å². The molecule has 0 saturated heterocycles. The van der Waals surface area contributed by atoms with Gasteiger partial charge in [-0.1, -0.05) is 36.4 Å². The summed E-state index contributed by atoms with van der Waals surface area (Å²) in [5.41, 5.74) is 2.45. The first-order valence-electron chi connectivity index (χ1n) is 21.5. The zero-order valence-electron chi connectivity index (χ0n) is 36.2. The lowest BCUT2D eigenvalue weighted by atomic mass is 10.0. The third-order valence-electron chi connectivity index (χ3n) is 12.6. The molecule has 2 fully saturated rings. The van der Waals surface area contributed by atoms with Gasteiger partial charge in [0.15, 0.2) is 0 Å². The summed E-state index contributed by atoms with van der Waals surface area (Å²) in [7, 11) is -8.11. The van der Waals surface area contributed by atoms with Gasteiger partial charge in [0.2, 0.25) is 0 Å². The van der Waals surface area contributed by atoms with Gasteiger partial charge in [-0.25, -0.2) is 34.4 Å². The maximum absolute atomic E-state index is 14.4. The minimum Gasteiger partial charge on any atom is -0.486 e. The average Bonchev–Trinajstić information content (AvgIpc) is 4.25. The Morgan fingerprint density at radius 2 is 0.941 bits per heavy atom. The molecule has 2 N–H and O–H groups in total. The topological polar surface area (TPSA) is 168 Å². The number of sulfonamides is 2. The Labute approximate surface area is 389 Å². The summed E-state index contributed by atoms with van der Waals surface area (Å²) >= 11 is 0. The van der Waals surface area contributed by atoms with Gasteiger partial charge < -0.3 is 19.7 Å². The largest absolute Gasteiger partial charge is 0.486 e. The second-order valence-corrected chi connectivity index (χ2v) is 21.0.